The lowest BCUT2D eigenvalue weighted by atomic mass is 9.95. The molecule has 2 aromatic rings. The zero-order valence-corrected chi connectivity index (χ0v) is 11.4. The van der Waals surface area contributed by atoms with Crippen molar-refractivity contribution in [1.82, 2.24) is 4.98 Å². The summed E-state index contributed by atoms with van der Waals surface area (Å²) < 4.78 is 37.9. The molecule has 3 rings (SSSR count). The second kappa shape index (κ2) is 5.14. The number of rotatable bonds is 2. The van der Waals surface area contributed by atoms with Crippen LogP contribution in [0.1, 0.15) is 12.1 Å². The maximum absolute atomic E-state index is 12.6. The summed E-state index contributed by atoms with van der Waals surface area (Å²) in [5.41, 5.74) is 0.877. The van der Waals surface area contributed by atoms with Gasteiger partial charge in [-0.3, -0.25) is 0 Å². The molecule has 1 aromatic carbocycles. The second-order valence-electron chi connectivity index (χ2n) is 5.21. The fourth-order valence-electron chi connectivity index (χ4n) is 2.71. The Kier molecular flexibility index (Phi) is 3.41. The van der Waals surface area contributed by atoms with Crippen LogP contribution < -0.4 is 4.90 Å². The number of fused-ring (bicyclic) bond motifs is 1. The Morgan fingerprint density at radius 2 is 2.14 bits per heavy atom. The van der Waals surface area contributed by atoms with Crippen molar-refractivity contribution in [3.8, 4) is 6.07 Å². The standard InChI is InChI=1S/C15H12F3N3O/c16-15(17,18)14(22)13-4-6-21(13)10-1-2-11-9(7-10)3-5-20-12(11)8-19/h1-3,5,7,13-14,22H,4,6H2/t13-,14+/m0/s1. The van der Waals surface area contributed by atoms with Gasteiger partial charge in [-0.2, -0.15) is 18.4 Å². The monoisotopic (exact) mass is 307 g/mol. The normalized spacial score (nSPS) is 19.6. The molecule has 0 radical (unpaired) electrons. The molecule has 0 saturated carbocycles. The Hall–Kier alpha value is -2.33. The molecule has 1 fully saturated rings. The van der Waals surface area contributed by atoms with Crippen LogP contribution in [-0.4, -0.2) is 35.0 Å². The van der Waals surface area contributed by atoms with E-state index in [1.807, 2.05) is 6.07 Å². The Morgan fingerprint density at radius 1 is 1.36 bits per heavy atom. The van der Waals surface area contributed by atoms with Crippen molar-refractivity contribution in [2.75, 3.05) is 11.4 Å². The van der Waals surface area contributed by atoms with Gasteiger partial charge in [-0.05, 0) is 36.1 Å². The van der Waals surface area contributed by atoms with Gasteiger partial charge in [-0.25, -0.2) is 4.98 Å². The van der Waals surface area contributed by atoms with E-state index in [0.29, 0.717) is 24.0 Å². The highest BCUT2D eigenvalue weighted by molar-refractivity contribution is 5.89. The molecule has 0 aliphatic carbocycles. The van der Waals surface area contributed by atoms with Crippen molar-refractivity contribution in [2.45, 2.75) is 24.7 Å². The van der Waals surface area contributed by atoms with Gasteiger partial charge in [0.15, 0.2) is 6.10 Å². The van der Waals surface area contributed by atoms with Crippen LogP contribution in [-0.2, 0) is 0 Å². The number of alkyl halides is 3. The highest BCUT2D eigenvalue weighted by atomic mass is 19.4. The van der Waals surface area contributed by atoms with Gasteiger partial charge in [-0.15, -0.1) is 0 Å². The number of aliphatic hydroxyl groups excluding tert-OH is 1. The van der Waals surface area contributed by atoms with E-state index in [2.05, 4.69) is 4.98 Å². The van der Waals surface area contributed by atoms with Crippen LogP contribution in [0.4, 0.5) is 18.9 Å². The molecular weight excluding hydrogens is 295 g/mol. The lowest BCUT2D eigenvalue weighted by Crippen LogP contribution is -2.58. The number of hydrogen-bond donors (Lipinski definition) is 1. The Balaban J connectivity index is 1.93. The summed E-state index contributed by atoms with van der Waals surface area (Å²) in [6.07, 6.45) is -5.21. The van der Waals surface area contributed by atoms with E-state index in [4.69, 9.17) is 5.26 Å². The van der Waals surface area contributed by atoms with Gasteiger partial charge in [0, 0.05) is 23.8 Å². The summed E-state index contributed by atoms with van der Waals surface area (Å²) in [6, 6.07) is 7.76. The average molecular weight is 307 g/mol. The topological polar surface area (TPSA) is 60.2 Å². The van der Waals surface area contributed by atoms with E-state index in [9.17, 15) is 18.3 Å². The minimum Gasteiger partial charge on any atom is -0.382 e. The van der Waals surface area contributed by atoms with E-state index in [-0.39, 0.29) is 5.69 Å². The predicted octanol–water partition coefficient (Wildman–Crippen LogP) is 2.61. The molecule has 2 atom stereocenters. The first-order valence-electron chi connectivity index (χ1n) is 6.72. The number of aromatic nitrogens is 1. The van der Waals surface area contributed by atoms with E-state index in [0.717, 1.165) is 5.39 Å². The third kappa shape index (κ3) is 2.35. The summed E-state index contributed by atoms with van der Waals surface area (Å²) in [6.45, 7) is 0.458. The summed E-state index contributed by atoms with van der Waals surface area (Å²) >= 11 is 0. The van der Waals surface area contributed by atoms with E-state index >= 15 is 0 Å². The summed E-state index contributed by atoms with van der Waals surface area (Å²) in [5.74, 6) is 0. The Bertz CT molecular complexity index is 754. The molecule has 1 saturated heterocycles. The smallest absolute Gasteiger partial charge is 0.382 e. The highest BCUT2D eigenvalue weighted by Crippen LogP contribution is 2.35. The molecule has 4 nitrogen and oxygen atoms in total. The van der Waals surface area contributed by atoms with Crippen molar-refractivity contribution >= 4 is 16.5 Å². The van der Waals surface area contributed by atoms with Crippen molar-refractivity contribution < 1.29 is 18.3 Å². The molecule has 1 aliphatic heterocycles. The van der Waals surface area contributed by atoms with Crippen molar-refractivity contribution in [3.63, 3.8) is 0 Å². The molecular formula is C15H12F3N3O. The van der Waals surface area contributed by atoms with Gasteiger partial charge in [0.05, 0.1) is 6.04 Å². The van der Waals surface area contributed by atoms with Crippen LogP contribution in [0.3, 0.4) is 0 Å². The lowest BCUT2D eigenvalue weighted by molar-refractivity contribution is -0.213. The molecule has 0 amide bonds. The zero-order valence-electron chi connectivity index (χ0n) is 11.4. The second-order valence-corrected chi connectivity index (χ2v) is 5.21. The third-order valence-electron chi connectivity index (χ3n) is 3.95. The van der Waals surface area contributed by atoms with Gasteiger partial charge < -0.3 is 10.0 Å². The average Bonchev–Trinajstić information content (AvgIpc) is 2.44. The SMILES string of the molecule is N#Cc1nccc2cc(N3CC[C@H]3[C@@H](O)C(F)(F)F)ccc12. The molecule has 0 spiro atoms. The first-order chi connectivity index (χ1) is 10.4. The quantitative estimate of drug-likeness (QED) is 0.926. The summed E-state index contributed by atoms with van der Waals surface area (Å²) in [7, 11) is 0. The molecule has 1 aromatic heterocycles. The Morgan fingerprint density at radius 3 is 2.73 bits per heavy atom. The minimum atomic E-state index is -4.63. The number of aliphatic hydroxyl groups is 1. The van der Waals surface area contributed by atoms with Crippen LogP contribution in [0.2, 0.25) is 0 Å². The number of anilines is 1. The van der Waals surface area contributed by atoms with Gasteiger partial charge >= 0.3 is 6.18 Å². The molecule has 0 bridgehead atoms. The number of nitriles is 1. The van der Waals surface area contributed by atoms with Crippen LogP contribution in [0, 0.1) is 11.3 Å². The van der Waals surface area contributed by atoms with Crippen molar-refractivity contribution in [1.29, 1.82) is 5.26 Å². The van der Waals surface area contributed by atoms with Crippen LogP contribution in [0.15, 0.2) is 30.5 Å². The molecule has 1 aliphatic rings. The molecule has 0 unspecified atom stereocenters. The minimum absolute atomic E-state index is 0.277. The first kappa shape index (κ1) is 14.6. The Labute approximate surface area is 124 Å². The predicted molar refractivity (Wildman–Crippen MR) is 74.3 cm³/mol. The molecule has 22 heavy (non-hydrogen) atoms. The third-order valence-corrected chi connectivity index (χ3v) is 3.95. The van der Waals surface area contributed by atoms with E-state index < -0.39 is 18.3 Å². The zero-order chi connectivity index (χ0) is 15.9. The van der Waals surface area contributed by atoms with Crippen molar-refractivity contribution in [2.24, 2.45) is 0 Å². The van der Waals surface area contributed by atoms with Gasteiger partial charge in [0.1, 0.15) is 11.8 Å². The van der Waals surface area contributed by atoms with Gasteiger partial charge in [0.2, 0.25) is 0 Å². The largest absolute Gasteiger partial charge is 0.416 e. The number of hydrogen-bond acceptors (Lipinski definition) is 4. The fraction of sp³-hybridized carbons (Fsp3) is 0.333. The van der Waals surface area contributed by atoms with Gasteiger partial charge in [-0.1, -0.05) is 0 Å². The van der Waals surface area contributed by atoms with Crippen LogP contribution >= 0.6 is 0 Å². The number of benzene rings is 1. The van der Waals surface area contributed by atoms with E-state index in [1.54, 1.807) is 24.3 Å². The summed E-state index contributed by atoms with van der Waals surface area (Å²) in [5, 5.41) is 19.8. The molecule has 2 heterocycles. The number of nitrogens with zero attached hydrogens (tertiary/aromatic N) is 3. The first-order valence-corrected chi connectivity index (χ1v) is 6.72. The number of pyridine rings is 1. The van der Waals surface area contributed by atoms with Crippen LogP contribution in [0.25, 0.3) is 10.8 Å². The molecule has 114 valence electrons. The van der Waals surface area contributed by atoms with Crippen LogP contribution in [0.5, 0.6) is 0 Å². The van der Waals surface area contributed by atoms with Gasteiger partial charge in [0.25, 0.3) is 0 Å². The molecule has 7 heteroatoms. The lowest BCUT2D eigenvalue weighted by Gasteiger charge is -2.45. The maximum Gasteiger partial charge on any atom is 0.416 e. The number of halogens is 3. The summed E-state index contributed by atoms with van der Waals surface area (Å²) in [4.78, 5) is 5.48. The highest BCUT2D eigenvalue weighted by Gasteiger charge is 2.48. The molecule has 1 N–H and O–H groups in total. The van der Waals surface area contributed by atoms with Crippen molar-refractivity contribution in [3.05, 3.63) is 36.2 Å². The maximum atomic E-state index is 12.6. The van der Waals surface area contributed by atoms with E-state index in [1.165, 1.54) is 11.1 Å². The fourth-order valence-corrected chi connectivity index (χ4v) is 2.71.